The van der Waals surface area contributed by atoms with Gasteiger partial charge in [-0.2, -0.15) is 0 Å². The van der Waals surface area contributed by atoms with Crippen molar-refractivity contribution in [3.63, 3.8) is 0 Å². The highest BCUT2D eigenvalue weighted by atomic mass is 35.5. The van der Waals surface area contributed by atoms with Crippen molar-refractivity contribution in [2.45, 2.75) is 39.8 Å². The van der Waals surface area contributed by atoms with Gasteiger partial charge in [-0.3, -0.25) is 4.79 Å². The number of rotatable bonds is 6. The first kappa shape index (κ1) is 22.7. The molecule has 6 nitrogen and oxygen atoms in total. The Kier molecular flexibility index (Phi) is 6.23. The first-order valence-electron chi connectivity index (χ1n) is 10.6. The van der Waals surface area contributed by atoms with E-state index < -0.39 is 15.9 Å². The van der Waals surface area contributed by atoms with Crippen LogP contribution in [-0.2, 0) is 16.4 Å². The van der Waals surface area contributed by atoms with Crippen molar-refractivity contribution < 1.29 is 22.4 Å². The number of carbonyl (C=O) groups excluding carboxylic acids is 1. The monoisotopic (exact) mass is 475 g/mol. The molecule has 0 unspecified atom stereocenters. The number of nitrogens with zero attached hydrogens (tertiary/aromatic N) is 1. The van der Waals surface area contributed by atoms with Crippen LogP contribution in [0.3, 0.4) is 0 Å². The maximum atomic E-state index is 13.7. The van der Waals surface area contributed by atoms with Gasteiger partial charge < -0.3 is 14.1 Å². The largest absolute Gasteiger partial charge is 0.494 e. The molecule has 32 heavy (non-hydrogen) atoms. The van der Waals surface area contributed by atoms with Crippen molar-refractivity contribution in [1.29, 1.82) is 0 Å². The van der Waals surface area contributed by atoms with Gasteiger partial charge in [0.2, 0.25) is 0 Å². The zero-order valence-electron chi connectivity index (χ0n) is 18.4. The number of benzene rings is 2. The predicted octanol–water partition coefficient (Wildman–Crippen LogP) is 4.93. The van der Waals surface area contributed by atoms with Gasteiger partial charge in [-0.1, -0.05) is 23.7 Å². The molecule has 0 aliphatic carbocycles. The summed E-state index contributed by atoms with van der Waals surface area (Å²) in [6.45, 7) is 6.47. The Bertz CT molecular complexity index is 1260. The Balaban J connectivity index is 1.70. The highest BCUT2D eigenvalue weighted by molar-refractivity contribution is 7.91. The Labute approximate surface area is 193 Å². The number of ether oxygens (including phenoxy) is 1. The third kappa shape index (κ3) is 4.50. The van der Waals surface area contributed by atoms with E-state index in [1.54, 1.807) is 11.0 Å². The zero-order valence-corrected chi connectivity index (χ0v) is 19.9. The molecule has 1 saturated heterocycles. The van der Waals surface area contributed by atoms with Crippen LogP contribution < -0.4 is 4.74 Å². The van der Waals surface area contributed by atoms with E-state index in [-0.39, 0.29) is 29.7 Å². The molecular weight excluding hydrogens is 450 g/mol. The summed E-state index contributed by atoms with van der Waals surface area (Å²) in [5, 5.41) is 1.39. The number of carbonyl (C=O) groups is 1. The fourth-order valence-corrected chi connectivity index (χ4v) is 6.01. The average molecular weight is 476 g/mol. The molecule has 0 saturated carbocycles. The second-order valence-corrected chi connectivity index (χ2v) is 10.9. The highest BCUT2D eigenvalue weighted by Gasteiger charge is 2.36. The summed E-state index contributed by atoms with van der Waals surface area (Å²) >= 11 is 6.27. The van der Waals surface area contributed by atoms with Crippen LogP contribution in [0.15, 0.2) is 40.8 Å². The van der Waals surface area contributed by atoms with Crippen molar-refractivity contribution in [1.82, 2.24) is 4.90 Å². The summed E-state index contributed by atoms with van der Waals surface area (Å²) in [7, 11) is -3.17. The van der Waals surface area contributed by atoms with E-state index in [1.165, 1.54) is 0 Å². The third-order valence-electron chi connectivity index (χ3n) is 5.91. The van der Waals surface area contributed by atoms with Crippen LogP contribution in [0.5, 0.6) is 5.75 Å². The molecule has 170 valence electrons. The molecule has 0 bridgehead atoms. The van der Waals surface area contributed by atoms with Gasteiger partial charge in [0.1, 0.15) is 11.3 Å². The standard InChI is InChI=1S/C24H26ClNO5S/c1-4-30-19-7-5-17(6-8-19)13-26(18-9-10-32(28,29)14-18)24(27)23-16(3)20-12-21(25)15(2)11-22(20)31-23/h5-8,11-12,18H,4,9-10,13-14H2,1-3H3/t18-/m0/s1. The molecule has 0 radical (unpaired) electrons. The van der Waals surface area contributed by atoms with Gasteiger partial charge in [0, 0.05) is 28.6 Å². The molecule has 1 aliphatic rings. The number of fused-ring (bicyclic) bond motifs is 1. The van der Waals surface area contributed by atoms with Crippen LogP contribution in [0.25, 0.3) is 11.0 Å². The van der Waals surface area contributed by atoms with Crippen LogP contribution in [0, 0.1) is 13.8 Å². The van der Waals surface area contributed by atoms with Crippen LogP contribution in [-0.4, -0.2) is 43.4 Å². The van der Waals surface area contributed by atoms with Gasteiger partial charge >= 0.3 is 0 Å². The van der Waals surface area contributed by atoms with Gasteiger partial charge in [0.15, 0.2) is 15.6 Å². The summed E-state index contributed by atoms with van der Waals surface area (Å²) in [6.07, 6.45) is 0.412. The highest BCUT2D eigenvalue weighted by Crippen LogP contribution is 2.32. The third-order valence-corrected chi connectivity index (χ3v) is 8.07. The summed E-state index contributed by atoms with van der Waals surface area (Å²) in [4.78, 5) is 15.3. The Hall–Kier alpha value is -2.51. The minimum absolute atomic E-state index is 0.0417. The molecule has 1 amide bonds. The van der Waals surface area contributed by atoms with Gasteiger partial charge in [0.25, 0.3) is 5.91 Å². The minimum atomic E-state index is -3.17. The van der Waals surface area contributed by atoms with Crippen LogP contribution in [0.1, 0.15) is 40.6 Å². The molecule has 2 heterocycles. The van der Waals surface area contributed by atoms with E-state index in [0.29, 0.717) is 29.2 Å². The van der Waals surface area contributed by atoms with Crippen molar-refractivity contribution in [2.24, 2.45) is 0 Å². The lowest BCUT2D eigenvalue weighted by Gasteiger charge is -2.28. The number of hydrogen-bond acceptors (Lipinski definition) is 5. The van der Waals surface area contributed by atoms with E-state index in [1.807, 2.05) is 51.1 Å². The second-order valence-electron chi connectivity index (χ2n) is 8.22. The lowest BCUT2D eigenvalue weighted by Crippen LogP contribution is -2.40. The Morgan fingerprint density at radius 2 is 1.94 bits per heavy atom. The Morgan fingerprint density at radius 1 is 1.22 bits per heavy atom. The first-order chi connectivity index (χ1) is 15.2. The molecule has 4 rings (SSSR count). The lowest BCUT2D eigenvalue weighted by molar-refractivity contribution is 0.0649. The number of hydrogen-bond donors (Lipinski definition) is 0. The first-order valence-corrected chi connectivity index (χ1v) is 12.8. The van der Waals surface area contributed by atoms with E-state index in [2.05, 4.69) is 0 Å². The molecule has 1 aliphatic heterocycles. The fraction of sp³-hybridized carbons (Fsp3) is 0.375. The van der Waals surface area contributed by atoms with Gasteiger partial charge in [-0.15, -0.1) is 0 Å². The number of amides is 1. The van der Waals surface area contributed by atoms with Crippen molar-refractivity contribution in [2.75, 3.05) is 18.1 Å². The van der Waals surface area contributed by atoms with Gasteiger partial charge in [0.05, 0.1) is 18.1 Å². The van der Waals surface area contributed by atoms with Crippen LogP contribution in [0.2, 0.25) is 5.02 Å². The van der Waals surface area contributed by atoms with Gasteiger partial charge in [-0.25, -0.2) is 8.42 Å². The summed E-state index contributed by atoms with van der Waals surface area (Å²) in [5.74, 6) is 0.692. The van der Waals surface area contributed by atoms with E-state index in [9.17, 15) is 13.2 Å². The maximum Gasteiger partial charge on any atom is 0.290 e. The molecular formula is C24H26ClNO5S. The molecule has 0 spiro atoms. The van der Waals surface area contributed by atoms with Crippen molar-refractivity contribution >= 4 is 38.3 Å². The topological polar surface area (TPSA) is 76.8 Å². The predicted molar refractivity (Wildman–Crippen MR) is 125 cm³/mol. The normalized spacial score (nSPS) is 17.6. The smallest absolute Gasteiger partial charge is 0.290 e. The molecule has 1 atom stereocenters. The van der Waals surface area contributed by atoms with E-state index in [0.717, 1.165) is 22.3 Å². The number of furan rings is 1. The number of aryl methyl sites for hydroxylation is 2. The van der Waals surface area contributed by atoms with E-state index in [4.69, 9.17) is 20.8 Å². The van der Waals surface area contributed by atoms with Crippen molar-refractivity contribution in [3.05, 3.63) is 63.9 Å². The van der Waals surface area contributed by atoms with E-state index >= 15 is 0 Å². The zero-order chi connectivity index (χ0) is 23.0. The molecule has 0 N–H and O–H groups in total. The fourth-order valence-electron chi connectivity index (χ4n) is 4.12. The number of halogens is 1. The summed E-state index contributed by atoms with van der Waals surface area (Å²) < 4.78 is 35.8. The second kappa shape index (κ2) is 8.79. The van der Waals surface area contributed by atoms with Crippen LogP contribution >= 0.6 is 11.6 Å². The lowest BCUT2D eigenvalue weighted by atomic mass is 10.1. The van der Waals surface area contributed by atoms with Crippen molar-refractivity contribution in [3.8, 4) is 5.75 Å². The van der Waals surface area contributed by atoms with Crippen LogP contribution in [0.4, 0.5) is 0 Å². The summed E-state index contributed by atoms with van der Waals surface area (Å²) in [5.41, 5.74) is 3.04. The molecule has 1 fully saturated rings. The molecule has 1 aromatic heterocycles. The minimum Gasteiger partial charge on any atom is -0.494 e. The number of sulfone groups is 1. The molecule has 2 aromatic carbocycles. The quantitative estimate of drug-likeness (QED) is 0.505. The molecule has 8 heteroatoms. The SMILES string of the molecule is CCOc1ccc(CN(C(=O)c2oc3cc(C)c(Cl)cc3c2C)[C@H]2CCS(=O)(=O)C2)cc1. The average Bonchev–Trinajstić information content (AvgIpc) is 3.27. The molecule has 3 aromatic rings. The maximum absolute atomic E-state index is 13.7. The Morgan fingerprint density at radius 3 is 2.56 bits per heavy atom. The van der Waals surface area contributed by atoms with Gasteiger partial charge in [-0.05, 0) is 62.6 Å². The summed E-state index contributed by atoms with van der Waals surface area (Å²) in [6, 6.07) is 10.7.